The van der Waals surface area contributed by atoms with Crippen molar-refractivity contribution < 1.29 is 4.92 Å². The molecule has 0 saturated carbocycles. The molecule has 6 nitrogen and oxygen atoms in total. The maximum absolute atomic E-state index is 13.2. The average Bonchev–Trinajstić information content (AvgIpc) is 3.20. The summed E-state index contributed by atoms with van der Waals surface area (Å²) in [6, 6.07) is 14.9. The minimum Gasteiger partial charge on any atom is -0.268 e. The van der Waals surface area contributed by atoms with Crippen molar-refractivity contribution in [2.24, 2.45) is 0 Å². The van der Waals surface area contributed by atoms with E-state index in [1.54, 1.807) is 30.3 Å². The van der Waals surface area contributed by atoms with E-state index < -0.39 is 4.92 Å². The lowest BCUT2D eigenvalue weighted by Gasteiger charge is -2.12. The Balaban J connectivity index is 2.04. The maximum Gasteiger partial charge on any atom is 0.294 e. The summed E-state index contributed by atoms with van der Waals surface area (Å²) in [6.45, 7) is 0. The molecular formula is C20H12ClN3O3S. The van der Waals surface area contributed by atoms with Gasteiger partial charge in [0, 0.05) is 16.0 Å². The van der Waals surface area contributed by atoms with E-state index in [0.717, 1.165) is 4.88 Å². The molecule has 4 rings (SSSR count). The third kappa shape index (κ3) is 3.33. The maximum atomic E-state index is 13.2. The largest absolute Gasteiger partial charge is 0.294 e. The van der Waals surface area contributed by atoms with Crippen molar-refractivity contribution in [3.8, 4) is 5.69 Å². The molecule has 4 aromatic rings. The zero-order valence-corrected chi connectivity index (χ0v) is 15.9. The molecule has 2 heterocycles. The monoisotopic (exact) mass is 409 g/mol. The van der Waals surface area contributed by atoms with Gasteiger partial charge >= 0.3 is 0 Å². The van der Waals surface area contributed by atoms with E-state index in [4.69, 9.17) is 11.6 Å². The Hall–Kier alpha value is -3.29. The second-order valence-corrected chi connectivity index (χ2v) is 7.28. The van der Waals surface area contributed by atoms with E-state index in [-0.39, 0.29) is 22.0 Å². The molecule has 28 heavy (non-hydrogen) atoms. The van der Waals surface area contributed by atoms with Crippen LogP contribution in [0.4, 0.5) is 5.69 Å². The summed E-state index contributed by atoms with van der Waals surface area (Å²) in [7, 11) is 0. The lowest BCUT2D eigenvalue weighted by Crippen LogP contribution is -2.23. The fourth-order valence-corrected chi connectivity index (χ4v) is 3.65. The van der Waals surface area contributed by atoms with Gasteiger partial charge < -0.3 is 0 Å². The van der Waals surface area contributed by atoms with Gasteiger partial charge in [0.1, 0.15) is 11.5 Å². The van der Waals surface area contributed by atoms with Gasteiger partial charge in [0.15, 0.2) is 0 Å². The summed E-state index contributed by atoms with van der Waals surface area (Å²) >= 11 is 7.47. The van der Waals surface area contributed by atoms with Gasteiger partial charge in [-0.15, -0.1) is 11.3 Å². The number of benzene rings is 2. The first kappa shape index (κ1) is 18.1. The Morgan fingerprint density at radius 3 is 2.68 bits per heavy atom. The number of fused-ring (bicyclic) bond motifs is 1. The van der Waals surface area contributed by atoms with Gasteiger partial charge in [-0.05, 0) is 47.9 Å². The van der Waals surface area contributed by atoms with Crippen molar-refractivity contribution in [1.82, 2.24) is 9.55 Å². The molecule has 0 saturated heterocycles. The van der Waals surface area contributed by atoms with Crippen LogP contribution in [0, 0.1) is 10.1 Å². The number of rotatable bonds is 4. The summed E-state index contributed by atoms with van der Waals surface area (Å²) in [5, 5.41) is 14.1. The van der Waals surface area contributed by atoms with Gasteiger partial charge in [0.2, 0.25) is 0 Å². The van der Waals surface area contributed by atoms with Gasteiger partial charge in [0.05, 0.1) is 15.8 Å². The molecule has 0 bridgehead atoms. The van der Waals surface area contributed by atoms with Gasteiger partial charge in [-0.3, -0.25) is 19.5 Å². The zero-order chi connectivity index (χ0) is 19.7. The lowest BCUT2D eigenvalue weighted by atomic mass is 10.2. The molecule has 0 fully saturated rings. The number of thiophene rings is 1. The van der Waals surface area contributed by atoms with Gasteiger partial charge in [-0.2, -0.15) is 0 Å². The topological polar surface area (TPSA) is 78.0 Å². The Labute approximate surface area is 168 Å². The minimum absolute atomic E-state index is 0.114. The molecule has 0 aliphatic heterocycles. The minimum atomic E-state index is -0.560. The van der Waals surface area contributed by atoms with Gasteiger partial charge in [0.25, 0.3) is 11.2 Å². The van der Waals surface area contributed by atoms with Crippen LogP contribution >= 0.6 is 22.9 Å². The Kier molecular flexibility index (Phi) is 4.77. The highest BCUT2D eigenvalue weighted by Gasteiger charge is 2.20. The second-order valence-electron chi connectivity index (χ2n) is 5.87. The van der Waals surface area contributed by atoms with Crippen molar-refractivity contribution in [2.75, 3.05) is 0 Å². The average molecular weight is 410 g/mol. The van der Waals surface area contributed by atoms with E-state index in [0.29, 0.717) is 16.7 Å². The first-order valence-electron chi connectivity index (χ1n) is 8.22. The van der Waals surface area contributed by atoms with E-state index in [9.17, 15) is 14.9 Å². The Morgan fingerprint density at radius 1 is 1.11 bits per heavy atom. The van der Waals surface area contributed by atoms with Crippen LogP contribution in [0.2, 0.25) is 5.02 Å². The fraction of sp³-hybridized carbons (Fsp3) is 0. The summed E-state index contributed by atoms with van der Waals surface area (Å²) in [6.07, 6.45) is 3.50. The molecule has 0 unspecified atom stereocenters. The number of halogens is 1. The molecule has 0 amide bonds. The van der Waals surface area contributed by atoms with Gasteiger partial charge in [-0.25, -0.2) is 4.98 Å². The fourth-order valence-electron chi connectivity index (χ4n) is 2.87. The van der Waals surface area contributed by atoms with Crippen LogP contribution in [-0.4, -0.2) is 14.5 Å². The molecule has 0 radical (unpaired) electrons. The van der Waals surface area contributed by atoms with Crippen LogP contribution in [0.1, 0.15) is 10.7 Å². The third-order valence-corrected chi connectivity index (χ3v) is 5.19. The SMILES string of the molecule is O=c1c2ccccc2nc(C=Cc2cccs2)n1-c1ccc(Cl)cc1[N+](=O)[O-]. The second kappa shape index (κ2) is 7.38. The molecule has 0 aliphatic rings. The van der Waals surface area contributed by atoms with Crippen LogP contribution in [0.3, 0.4) is 0 Å². The first-order valence-corrected chi connectivity index (χ1v) is 9.48. The molecule has 0 atom stereocenters. The van der Waals surface area contributed by atoms with Crippen molar-refractivity contribution in [3.05, 3.63) is 96.2 Å². The van der Waals surface area contributed by atoms with Crippen molar-refractivity contribution in [2.45, 2.75) is 0 Å². The third-order valence-electron chi connectivity index (χ3n) is 4.12. The number of nitro groups is 1. The lowest BCUT2D eigenvalue weighted by molar-refractivity contribution is -0.384. The smallest absolute Gasteiger partial charge is 0.268 e. The molecule has 0 spiro atoms. The van der Waals surface area contributed by atoms with Crippen molar-refractivity contribution in [1.29, 1.82) is 0 Å². The molecule has 0 N–H and O–H groups in total. The highest BCUT2D eigenvalue weighted by molar-refractivity contribution is 7.10. The van der Waals surface area contributed by atoms with Crippen LogP contribution in [0.25, 0.3) is 28.7 Å². The van der Waals surface area contributed by atoms with Crippen molar-refractivity contribution >= 4 is 51.7 Å². The predicted octanol–water partition coefficient (Wildman–Crippen LogP) is 5.18. The van der Waals surface area contributed by atoms with Crippen molar-refractivity contribution in [3.63, 3.8) is 0 Å². The Bertz CT molecular complexity index is 1280. The van der Waals surface area contributed by atoms with Gasteiger partial charge in [-0.1, -0.05) is 29.8 Å². The van der Waals surface area contributed by atoms with E-state index >= 15 is 0 Å². The molecule has 138 valence electrons. The highest BCUT2D eigenvalue weighted by Crippen LogP contribution is 2.27. The summed E-state index contributed by atoms with van der Waals surface area (Å²) in [4.78, 5) is 29.8. The summed E-state index contributed by atoms with van der Waals surface area (Å²) in [5.41, 5.74) is -0.0195. The standard InChI is InChI=1S/C20H12ClN3O3S/c21-13-7-9-17(18(12-13)24(26)27)23-19(10-8-14-4-3-11-28-14)22-16-6-2-1-5-15(16)20(23)25/h1-12H. The highest BCUT2D eigenvalue weighted by atomic mass is 35.5. The van der Waals surface area contributed by atoms with Crippen LogP contribution in [0.15, 0.2) is 64.8 Å². The molecule has 2 aromatic carbocycles. The van der Waals surface area contributed by atoms with Crippen LogP contribution in [0.5, 0.6) is 0 Å². The number of para-hydroxylation sites is 1. The zero-order valence-electron chi connectivity index (χ0n) is 14.3. The van der Waals surface area contributed by atoms with Crippen LogP contribution < -0.4 is 5.56 Å². The molecule has 2 aromatic heterocycles. The number of hydrogen-bond acceptors (Lipinski definition) is 5. The summed E-state index contributed by atoms with van der Waals surface area (Å²) < 4.78 is 1.25. The van der Waals surface area contributed by atoms with Crippen LogP contribution in [-0.2, 0) is 0 Å². The number of nitro benzene ring substituents is 1. The first-order chi connectivity index (χ1) is 13.5. The molecular weight excluding hydrogens is 398 g/mol. The number of aromatic nitrogens is 2. The Morgan fingerprint density at radius 2 is 1.93 bits per heavy atom. The number of hydrogen-bond donors (Lipinski definition) is 0. The summed E-state index contributed by atoms with van der Waals surface area (Å²) in [5.74, 6) is 0.294. The predicted molar refractivity (Wildman–Crippen MR) is 112 cm³/mol. The quantitative estimate of drug-likeness (QED) is 0.343. The van der Waals surface area contributed by atoms with E-state index in [1.807, 2.05) is 23.6 Å². The number of nitrogens with zero attached hydrogens (tertiary/aromatic N) is 3. The molecule has 0 aliphatic carbocycles. The van der Waals surface area contributed by atoms with E-state index in [1.165, 1.54) is 34.1 Å². The van der Waals surface area contributed by atoms with E-state index in [2.05, 4.69) is 4.98 Å². The normalized spacial score (nSPS) is 11.3. The molecule has 8 heteroatoms.